The number of carbonyl (C=O) groups is 4. The highest BCUT2D eigenvalue weighted by atomic mass is 32.1. The van der Waals surface area contributed by atoms with Crippen molar-refractivity contribution in [3.8, 4) is 39.5 Å². The highest BCUT2D eigenvalue weighted by Gasteiger charge is 2.40. The zero-order valence-corrected chi connectivity index (χ0v) is 37.8. The van der Waals surface area contributed by atoms with Gasteiger partial charge in [-0.2, -0.15) is 11.3 Å². The molecule has 3 aliphatic rings. The summed E-state index contributed by atoms with van der Waals surface area (Å²) in [5.41, 5.74) is 5.51. The number of methoxy groups -OCH3 is 2. The molecular weight excluding hydrogens is 854 g/mol. The number of hydrogen-bond acceptors (Lipinski definition) is 10. The molecule has 0 aliphatic carbocycles. The molecule has 4 amide bonds. The molecule has 3 aliphatic heterocycles. The topological polar surface area (TPSA) is 189 Å². The first-order valence-electron chi connectivity index (χ1n) is 21.9. The molecule has 0 spiro atoms. The van der Waals surface area contributed by atoms with Crippen LogP contribution < -0.4 is 15.4 Å². The van der Waals surface area contributed by atoms with Crippen molar-refractivity contribution in [1.29, 1.82) is 0 Å². The minimum absolute atomic E-state index is 0.150. The summed E-state index contributed by atoms with van der Waals surface area (Å²) < 4.78 is 35.1. The van der Waals surface area contributed by atoms with Crippen molar-refractivity contribution in [1.82, 2.24) is 44.9 Å². The number of carbonyl (C=O) groups excluding carboxylic acids is 4. The number of H-pyrrole nitrogens is 2. The Morgan fingerprint density at radius 3 is 1.92 bits per heavy atom. The van der Waals surface area contributed by atoms with Crippen LogP contribution in [0.1, 0.15) is 88.9 Å². The van der Waals surface area contributed by atoms with Crippen LogP contribution in [-0.4, -0.2) is 97.7 Å². The van der Waals surface area contributed by atoms with E-state index in [1.807, 2.05) is 79.4 Å². The maximum absolute atomic E-state index is 16.7. The van der Waals surface area contributed by atoms with Crippen LogP contribution in [-0.2, 0) is 19.1 Å². The number of nitrogens with zero attached hydrogens (tertiary/aromatic N) is 5. The van der Waals surface area contributed by atoms with Crippen LogP contribution in [0.4, 0.5) is 14.0 Å². The van der Waals surface area contributed by atoms with Crippen molar-refractivity contribution in [3.05, 3.63) is 88.6 Å². The first-order chi connectivity index (χ1) is 31.3. The lowest BCUT2D eigenvalue weighted by Gasteiger charge is -2.30. The van der Waals surface area contributed by atoms with E-state index in [2.05, 4.69) is 25.6 Å². The lowest BCUT2D eigenvalue weighted by atomic mass is 10.0. The van der Waals surface area contributed by atoms with Crippen molar-refractivity contribution < 1.29 is 37.8 Å². The van der Waals surface area contributed by atoms with Gasteiger partial charge in [-0.05, 0) is 84.7 Å². The molecule has 65 heavy (non-hydrogen) atoms. The number of thiophene rings is 1. The molecule has 4 N–H and O–H groups in total. The minimum atomic E-state index is -0.768. The Balaban J connectivity index is 1.01. The Morgan fingerprint density at radius 2 is 1.38 bits per heavy atom. The van der Waals surface area contributed by atoms with Crippen LogP contribution in [0.3, 0.4) is 0 Å². The Labute approximate surface area is 378 Å². The van der Waals surface area contributed by atoms with E-state index < -0.39 is 36.3 Å². The Hall–Kier alpha value is -6.69. The van der Waals surface area contributed by atoms with Gasteiger partial charge in [-0.15, -0.1) is 0 Å². The van der Waals surface area contributed by atoms with E-state index in [4.69, 9.17) is 19.2 Å². The first kappa shape index (κ1) is 43.6. The third-order valence-electron chi connectivity index (χ3n) is 12.7. The summed E-state index contributed by atoms with van der Waals surface area (Å²) in [6.45, 7) is 8.56. The number of imidazole rings is 2. The molecule has 2 fully saturated rings. The zero-order chi connectivity index (χ0) is 45.7. The molecule has 5 atom stereocenters. The lowest BCUT2D eigenvalue weighted by molar-refractivity contribution is -0.136. The average molecular weight is 906 g/mol. The van der Waals surface area contributed by atoms with E-state index in [-0.39, 0.29) is 35.7 Å². The van der Waals surface area contributed by atoms with Crippen molar-refractivity contribution in [2.45, 2.75) is 83.8 Å². The van der Waals surface area contributed by atoms with Gasteiger partial charge in [0.2, 0.25) is 18.0 Å². The van der Waals surface area contributed by atoms with Crippen LogP contribution in [0.5, 0.6) is 5.75 Å². The van der Waals surface area contributed by atoms with Crippen LogP contribution in [0, 0.1) is 17.7 Å². The number of alkyl carbamates (subject to hydrolysis) is 2. The number of ether oxygens (including phenoxy) is 3. The zero-order valence-electron chi connectivity index (χ0n) is 37.0. The number of aromatic amines is 2. The van der Waals surface area contributed by atoms with Crippen LogP contribution >= 0.6 is 11.3 Å². The molecule has 1 unspecified atom stereocenters. The second-order valence-corrected chi connectivity index (χ2v) is 18.3. The summed E-state index contributed by atoms with van der Waals surface area (Å²) in [6, 6.07) is 11.2. The normalized spacial score (nSPS) is 18.9. The summed E-state index contributed by atoms with van der Waals surface area (Å²) in [4.78, 5) is 71.4. The van der Waals surface area contributed by atoms with Gasteiger partial charge in [-0.1, -0.05) is 33.8 Å². The predicted octanol–water partition coefficient (Wildman–Crippen LogP) is 8.32. The largest absolute Gasteiger partial charge is 0.465 e. The molecule has 18 heteroatoms. The standard InChI is InChI=1S/C47H52FN9O7S/c1-24(2)39(53-46(60)62-5)43(58)55-14-7-9-34(55)41-49-21-31(51-41)26-11-12-33-29(17-26)19-36-38-30(48)18-28(20-37(38)64-45(57(33)36)27-13-16-65-23-27)32-22-50-42(52-32)35-10-8-15-56(35)44(59)40(25(3)4)54-47(61)63-6/h11-13,16-25,34-35,39-40,45H,7-10,14-15H2,1-6H3,(H,49,51)(H,50,52)(H,53,60)(H,54,61)/t34-,35-,39-,40-,45?/m0/s1. The molecular formula is C47H52FN9O7S. The summed E-state index contributed by atoms with van der Waals surface area (Å²) in [7, 11) is 2.54. The van der Waals surface area contributed by atoms with Crippen LogP contribution in [0.25, 0.3) is 44.7 Å². The van der Waals surface area contributed by atoms with Gasteiger partial charge >= 0.3 is 12.2 Å². The van der Waals surface area contributed by atoms with Gasteiger partial charge in [0.05, 0.1) is 66.9 Å². The number of fused-ring (bicyclic) bond motifs is 5. The van der Waals surface area contributed by atoms with Crippen molar-refractivity contribution >= 4 is 46.2 Å². The number of amides is 4. The lowest BCUT2D eigenvalue weighted by Crippen LogP contribution is -2.51. The van der Waals surface area contributed by atoms with Gasteiger partial charge in [0, 0.05) is 35.2 Å². The molecule has 0 saturated carbocycles. The minimum Gasteiger partial charge on any atom is -0.465 e. The summed E-state index contributed by atoms with van der Waals surface area (Å²) >= 11 is 1.55. The highest BCUT2D eigenvalue weighted by Crippen LogP contribution is 2.48. The van der Waals surface area contributed by atoms with Crippen molar-refractivity contribution in [3.63, 3.8) is 0 Å². The van der Waals surface area contributed by atoms with Gasteiger partial charge in [0.25, 0.3) is 0 Å². The smallest absolute Gasteiger partial charge is 0.407 e. The average Bonchev–Trinajstić information content (AvgIpc) is 4.15. The fourth-order valence-electron chi connectivity index (χ4n) is 9.42. The maximum atomic E-state index is 16.7. The third kappa shape index (κ3) is 8.08. The second-order valence-electron chi connectivity index (χ2n) is 17.5. The van der Waals surface area contributed by atoms with Gasteiger partial charge < -0.3 is 49.2 Å². The molecule has 0 radical (unpaired) electrons. The Bertz CT molecular complexity index is 2760. The van der Waals surface area contributed by atoms with E-state index in [1.54, 1.807) is 33.5 Å². The molecule has 2 saturated heterocycles. The number of rotatable bonds is 11. The molecule has 6 aromatic rings. The fraction of sp³-hybridized carbons (Fsp3) is 0.404. The van der Waals surface area contributed by atoms with Crippen LogP contribution in [0.2, 0.25) is 0 Å². The monoisotopic (exact) mass is 905 g/mol. The predicted molar refractivity (Wildman–Crippen MR) is 241 cm³/mol. The number of aromatic nitrogens is 5. The van der Waals surface area contributed by atoms with E-state index >= 15 is 4.39 Å². The SMILES string of the molecule is COC(=O)N[C@H](C(=O)N1CCC[C@H]1c1ncc(-c2cc(F)c3c(c2)OC(c2ccsc2)n2c-3cc3cc(-c4cnc([C@@H]5CCCN5C(=O)[C@@H](NC(=O)OC)C(C)C)[nH]4)ccc32)[nH]1)C(C)C. The summed E-state index contributed by atoms with van der Waals surface area (Å²) in [5.74, 6) is 0.422. The number of likely N-dealkylation sites (tertiary alicyclic amines) is 2. The molecule has 2 aromatic carbocycles. The third-order valence-corrected chi connectivity index (χ3v) is 13.5. The number of halogens is 1. The molecule has 340 valence electrons. The first-order valence-corrected chi connectivity index (χ1v) is 22.9. The summed E-state index contributed by atoms with van der Waals surface area (Å²) in [5, 5.41) is 10.3. The second kappa shape index (κ2) is 17.7. The Kier molecular flexibility index (Phi) is 11.9. The van der Waals surface area contributed by atoms with Gasteiger partial charge in [0.15, 0.2) is 0 Å². The molecule has 0 bridgehead atoms. The molecule has 4 aromatic heterocycles. The van der Waals surface area contributed by atoms with Gasteiger partial charge in [-0.25, -0.2) is 23.9 Å². The molecule has 9 rings (SSSR count). The van der Waals surface area contributed by atoms with E-state index in [1.165, 1.54) is 20.3 Å². The molecule has 16 nitrogen and oxygen atoms in total. The van der Waals surface area contributed by atoms with E-state index in [9.17, 15) is 19.2 Å². The number of hydrogen-bond donors (Lipinski definition) is 4. The van der Waals surface area contributed by atoms with Crippen molar-refractivity contribution in [2.24, 2.45) is 11.8 Å². The molecule has 7 heterocycles. The van der Waals surface area contributed by atoms with Gasteiger partial charge in [-0.3, -0.25) is 9.59 Å². The number of benzene rings is 2. The van der Waals surface area contributed by atoms with E-state index in [0.717, 1.165) is 47.0 Å². The summed E-state index contributed by atoms with van der Waals surface area (Å²) in [6.07, 6.45) is 4.47. The Morgan fingerprint density at radius 1 is 0.800 bits per heavy atom. The van der Waals surface area contributed by atoms with Crippen LogP contribution in [0.15, 0.2) is 65.6 Å². The van der Waals surface area contributed by atoms with E-state index in [0.29, 0.717) is 59.4 Å². The highest BCUT2D eigenvalue weighted by molar-refractivity contribution is 7.08. The van der Waals surface area contributed by atoms with Gasteiger partial charge in [0.1, 0.15) is 35.3 Å². The number of nitrogens with one attached hydrogen (secondary N) is 4. The fourth-order valence-corrected chi connectivity index (χ4v) is 10.1. The maximum Gasteiger partial charge on any atom is 0.407 e. The quantitative estimate of drug-likeness (QED) is 0.0991. The van der Waals surface area contributed by atoms with Crippen molar-refractivity contribution in [2.75, 3.05) is 27.3 Å².